The molecule has 0 fully saturated rings. The van der Waals surface area contributed by atoms with Crippen LogP contribution in [0, 0.1) is 0 Å². The standard InChI is InChI=1S/C8H10ClN3/c1-3-6(2)11-7-4-5-10-8(9)12-7/h3-6H,1H2,2H3,(H,10,11,12). The van der Waals surface area contributed by atoms with Crippen LogP contribution < -0.4 is 5.32 Å². The van der Waals surface area contributed by atoms with Crippen LogP contribution >= 0.6 is 11.6 Å². The van der Waals surface area contributed by atoms with E-state index in [1.165, 1.54) is 0 Å². The van der Waals surface area contributed by atoms with Gasteiger partial charge in [0.05, 0.1) is 0 Å². The molecule has 0 radical (unpaired) electrons. The van der Waals surface area contributed by atoms with E-state index in [2.05, 4.69) is 21.9 Å². The first-order chi connectivity index (χ1) is 5.72. The lowest BCUT2D eigenvalue weighted by atomic mass is 10.3. The van der Waals surface area contributed by atoms with Gasteiger partial charge < -0.3 is 5.32 Å². The zero-order valence-electron chi connectivity index (χ0n) is 6.79. The maximum atomic E-state index is 5.58. The lowest BCUT2D eigenvalue weighted by Crippen LogP contribution is -2.12. The number of rotatable bonds is 3. The van der Waals surface area contributed by atoms with Crippen molar-refractivity contribution in [1.29, 1.82) is 0 Å². The largest absolute Gasteiger partial charge is 0.364 e. The Morgan fingerprint density at radius 2 is 2.50 bits per heavy atom. The molecule has 0 saturated carbocycles. The monoisotopic (exact) mass is 183 g/mol. The molecule has 1 atom stereocenters. The number of aromatic nitrogens is 2. The Balaban J connectivity index is 2.69. The second-order valence-corrected chi connectivity index (χ2v) is 2.72. The van der Waals surface area contributed by atoms with E-state index in [1.807, 2.05) is 6.92 Å². The Bertz CT molecular complexity index is 275. The molecule has 0 spiro atoms. The van der Waals surface area contributed by atoms with Crippen LogP contribution in [0.2, 0.25) is 5.28 Å². The quantitative estimate of drug-likeness (QED) is 0.576. The van der Waals surface area contributed by atoms with Gasteiger partial charge in [0.15, 0.2) is 0 Å². The van der Waals surface area contributed by atoms with Crippen LogP contribution in [0.4, 0.5) is 5.82 Å². The molecule has 0 bridgehead atoms. The maximum Gasteiger partial charge on any atom is 0.224 e. The summed E-state index contributed by atoms with van der Waals surface area (Å²) in [4.78, 5) is 7.72. The molecule has 1 rings (SSSR count). The molecule has 12 heavy (non-hydrogen) atoms. The number of hydrogen-bond acceptors (Lipinski definition) is 3. The molecule has 64 valence electrons. The van der Waals surface area contributed by atoms with Crippen molar-refractivity contribution >= 4 is 17.4 Å². The highest BCUT2D eigenvalue weighted by Gasteiger charge is 1.98. The normalized spacial score (nSPS) is 12.2. The van der Waals surface area contributed by atoms with Crippen LogP contribution in [-0.4, -0.2) is 16.0 Å². The molecule has 0 aromatic carbocycles. The topological polar surface area (TPSA) is 37.8 Å². The molecule has 1 N–H and O–H groups in total. The fourth-order valence-corrected chi connectivity index (χ4v) is 0.855. The highest BCUT2D eigenvalue weighted by molar-refractivity contribution is 6.28. The van der Waals surface area contributed by atoms with E-state index in [1.54, 1.807) is 18.3 Å². The van der Waals surface area contributed by atoms with Gasteiger partial charge in [-0.1, -0.05) is 6.08 Å². The lowest BCUT2D eigenvalue weighted by Gasteiger charge is -2.08. The second kappa shape index (κ2) is 4.07. The summed E-state index contributed by atoms with van der Waals surface area (Å²) in [7, 11) is 0. The van der Waals surface area contributed by atoms with E-state index in [0.717, 1.165) is 0 Å². The minimum Gasteiger partial charge on any atom is -0.364 e. The average molecular weight is 184 g/mol. The molecule has 0 saturated heterocycles. The molecule has 0 aliphatic rings. The van der Waals surface area contributed by atoms with E-state index < -0.39 is 0 Å². The molecule has 4 heteroatoms. The first-order valence-electron chi connectivity index (χ1n) is 3.60. The Hall–Kier alpha value is -1.09. The van der Waals surface area contributed by atoms with Gasteiger partial charge in [0.25, 0.3) is 0 Å². The van der Waals surface area contributed by atoms with Crippen molar-refractivity contribution in [3.63, 3.8) is 0 Å². The molecule has 1 unspecified atom stereocenters. The zero-order valence-corrected chi connectivity index (χ0v) is 7.54. The molecule has 0 aliphatic carbocycles. The maximum absolute atomic E-state index is 5.58. The van der Waals surface area contributed by atoms with Crippen LogP contribution in [0.15, 0.2) is 24.9 Å². The van der Waals surface area contributed by atoms with Gasteiger partial charge in [-0.05, 0) is 24.6 Å². The third-order valence-corrected chi connectivity index (χ3v) is 1.54. The second-order valence-electron chi connectivity index (χ2n) is 2.38. The van der Waals surface area contributed by atoms with Gasteiger partial charge in [0, 0.05) is 12.2 Å². The van der Waals surface area contributed by atoms with Crippen LogP contribution in [0.5, 0.6) is 0 Å². The fourth-order valence-electron chi connectivity index (χ4n) is 0.707. The van der Waals surface area contributed by atoms with Gasteiger partial charge >= 0.3 is 0 Å². The summed E-state index contributed by atoms with van der Waals surface area (Å²) in [6.45, 7) is 5.62. The summed E-state index contributed by atoms with van der Waals surface area (Å²) in [5.41, 5.74) is 0. The summed E-state index contributed by atoms with van der Waals surface area (Å²) in [5, 5.41) is 3.33. The van der Waals surface area contributed by atoms with Gasteiger partial charge in [0.1, 0.15) is 5.82 Å². The van der Waals surface area contributed by atoms with Crippen molar-refractivity contribution in [3.05, 3.63) is 30.2 Å². The number of nitrogens with zero attached hydrogens (tertiary/aromatic N) is 2. The molecule has 0 aliphatic heterocycles. The van der Waals surface area contributed by atoms with Crippen LogP contribution in [0.3, 0.4) is 0 Å². The minimum atomic E-state index is 0.177. The van der Waals surface area contributed by atoms with E-state index in [-0.39, 0.29) is 11.3 Å². The molecule has 3 nitrogen and oxygen atoms in total. The third-order valence-electron chi connectivity index (χ3n) is 1.36. The summed E-state index contributed by atoms with van der Waals surface area (Å²) in [6.07, 6.45) is 3.39. The van der Waals surface area contributed by atoms with E-state index in [4.69, 9.17) is 11.6 Å². The van der Waals surface area contributed by atoms with Crippen molar-refractivity contribution in [2.75, 3.05) is 5.32 Å². The fraction of sp³-hybridized carbons (Fsp3) is 0.250. The smallest absolute Gasteiger partial charge is 0.224 e. The lowest BCUT2D eigenvalue weighted by molar-refractivity contribution is 0.976. The summed E-state index contributed by atoms with van der Waals surface area (Å²) in [6, 6.07) is 1.93. The molecular weight excluding hydrogens is 174 g/mol. The summed E-state index contributed by atoms with van der Waals surface area (Å²) < 4.78 is 0. The molecule has 1 heterocycles. The number of anilines is 1. The third kappa shape index (κ3) is 2.51. The van der Waals surface area contributed by atoms with E-state index in [0.29, 0.717) is 5.82 Å². The first kappa shape index (κ1) is 9.00. The van der Waals surface area contributed by atoms with Gasteiger partial charge in [-0.2, -0.15) is 0 Å². The molecule has 1 aromatic rings. The zero-order chi connectivity index (χ0) is 8.97. The number of halogens is 1. The van der Waals surface area contributed by atoms with Crippen molar-refractivity contribution < 1.29 is 0 Å². The highest BCUT2D eigenvalue weighted by atomic mass is 35.5. The number of hydrogen-bond donors (Lipinski definition) is 1. The number of nitrogens with one attached hydrogen (secondary N) is 1. The van der Waals surface area contributed by atoms with E-state index in [9.17, 15) is 0 Å². The first-order valence-corrected chi connectivity index (χ1v) is 3.98. The van der Waals surface area contributed by atoms with Gasteiger partial charge in [0.2, 0.25) is 5.28 Å². The predicted molar refractivity (Wildman–Crippen MR) is 50.3 cm³/mol. The van der Waals surface area contributed by atoms with Crippen LogP contribution in [0.25, 0.3) is 0 Å². The minimum absolute atomic E-state index is 0.177. The van der Waals surface area contributed by atoms with Crippen molar-refractivity contribution in [2.45, 2.75) is 13.0 Å². The van der Waals surface area contributed by atoms with Crippen LogP contribution in [-0.2, 0) is 0 Å². The van der Waals surface area contributed by atoms with Gasteiger partial charge in [-0.15, -0.1) is 6.58 Å². The van der Waals surface area contributed by atoms with Gasteiger partial charge in [-0.3, -0.25) is 0 Å². The SMILES string of the molecule is C=CC(C)Nc1ccnc(Cl)n1. The Morgan fingerprint density at radius 1 is 1.75 bits per heavy atom. The Morgan fingerprint density at radius 3 is 3.08 bits per heavy atom. The molecular formula is C8H10ClN3. The molecule has 1 aromatic heterocycles. The highest BCUT2D eigenvalue weighted by Crippen LogP contribution is 2.06. The van der Waals surface area contributed by atoms with Crippen molar-refractivity contribution in [3.8, 4) is 0 Å². The van der Waals surface area contributed by atoms with Crippen LogP contribution in [0.1, 0.15) is 6.92 Å². The van der Waals surface area contributed by atoms with Gasteiger partial charge in [-0.25, -0.2) is 9.97 Å². The predicted octanol–water partition coefficient (Wildman–Crippen LogP) is 2.12. The average Bonchev–Trinajstić information content (AvgIpc) is 2.04. The van der Waals surface area contributed by atoms with Crippen molar-refractivity contribution in [1.82, 2.24) is 9.97 Å². The summed E-state index contributed by atoms with van der Waals surface area (Å²) in [5.74, 6) is 0.711. The Labute approximate surface area is 76.5 Å². The van der Waals surface area contributed by atoms with E-state index >= 15 is 0 Å². The summed E-state index contributed by atoms with van der Waals surface area (Å²) >= 11 is 5.58. The Kier molecular flexibility index (Phi) is 3.05. The molecule has 0 amide bonds. The van der Waals surface area contributed by atoms with Crippen molar-refractivity contribution in [2.24, 2.45) is 0 Å².